The standard InChI is InChI=1S/C61H110O6/c1-4-7-10-13-16-19-22-25-28-30-33-36-39-42-45-48-51-54-60(63)66-57-58(56-65-59(62)53-50-47-44-41-38-35-32-27-24-21-18-15-12-9-6-3)67-61(64)55-52-49-46-43-40-37-34-31-29-26-23-20-17-14-11-8-5-2/h16,19,25,28,33,36,42,45,58H,4-15,17-18,20-24,26-27,29-32,34-35,37-41,43-44,46-57H2,1-3H3/t58-/m1/s1. The Morgan fingerprint density at radius 2 is 0.552 bits per heavy atom. The quantitative estimate of drug-likeness (QED) is 0.0262. The maximum absolute atomic E-state index is 12.9. The molecule has 0 aromatic carbocycles. The number of unbranched alkanes of at least 4 members (excludes halogenated alkanes) is 34. The van der Waals surface area contributed by atoms with E-state index in [9.17, 15) is 14.4 Å². The first-order chi connectivity index (χ1) is 33.0. The van der Waals surface area contributed by atoms with Crippen LogP contribution in [0.4, 0.5) is 0 Å². The summed E-state index contributed by atoms with van der Waals surface area (Å²) in [6.45, 7) is 6.61. The third kappa shape index (κ3) is 54.2. The van der Waals surface area contributed by atoms with Gasteiger partial charge in [0.05, 0.1) is 0 Å². The number of hydrogen-bond acceptors (Lipinski definition) is 6. The Hall–Kier alpha value is -2.63. The van der Waals surface area contributed by atoms with Gasteiger partial charge < -0.3 is 14.2 Å². The molecule has 6 heteroatoms. The van der Waals surface area contributed by atoms with Crippen molar-refractivity contribution in [1.29, 1.82) is 0 Å². The molecule has 0 amide bonds. The predicted octanol–water partition coefficient (Wildman–Crippen LogP) is 19.4. The summed E-state index contributed by atoms with van der Waals surface area (Å²) in [4.78, 5) is 38.1. The van der Waals surface area contributed by atoms with Gasteiger partial charge in [0.15, 0.2) is 6.10 Å². The van der Waals surface area contributed by atoms with Crippen LogP contribution < -0.4 is 0 Å². The monoisotopic (exact) mass is 939 g/mol. The van der Waals surface area contributed by atoms with Crippen LogP contribution in [0.2, 0.25) is 0 Å². The molecule has 0 unspecified atom stereocenters. The van der Waals surface area contributed by atoms with Crippen LogP contribution in [0.15, 0.2) is 48.6 Å². The van der Waals surface area contributed by atoms with Crippen LogP contribution in [-0.2, 0) is 28.6 Å². The molecule has 6 nitrogen and oxygen atoms in total. The van der Waals surface area contributed by atoms with Crippen molar-refractivity contribution in [2.45, 2.75) is 309 Å². The molecule has 0 bridgehead atoms. The molecule has 0 aliphatic heterocycles. The van der Waals surface area contributed by atoms with Crippen molar-refractivity contribution < 1.29 is 28.6 Å². The number of hydrogen-bond donors (Lipinski definition) is 0. The summed E-state index contributed by atoms with van der Waals surface area (Å²) in [6.07, 6.45) is 68.2. The number of rotatable bonds is 53. The SMILES string of the molecule is CCCCCC=CCC=CCC=CCC=CCCCC(=O)OC[C@@H](COC(=O)CCCCCCCCCCCCCCCCC)OC(=O)CCCCCCCCCCCCCCCCCCC. The van der Waals surface area contributed by atoms with Crippen molar-refractivity contribution in [3.63, 3.8) is 0 Å². The van der Waals surface area contributed by atoms with E-state index in [1.165, 1.54) is 193 Å². The molecule has 0 heterocycles. The fourth-order valence-electron chi connectivity index (χ4n) is 8.44. The second kappa shape index (κ2) is 56.0. The highest BCUT2D eigenvalue weighted by Gasteiger charge is 2.19. The first kappa shape index (κ1) is 64.4. The molecule has 0 spiro atoms. The minimum Gasteiger partial charge on any atom is -0.462 e. The van der Waals surface area contributed by atoms with Crippen molar-refractivity contribution in [1.82, 2.24) is 0 Å². The first-order valence-electron chi connectivity index (χ1n) is 29.1. The van der Waals surface area contributed by atoms with E-state index in [1.54, 1.807) is 0 Å². The van der Waals surface area contributed by atoms with Crippen molar-refractivity contribution in [3.8, 4) is 0 Å². The van der Waals surface area contributed by atoms with E-state index in [0.29, 0.717) is 19.3 Å². The van der Waals surface area contributed by atoms with Crippen molar-refractivity contribution >= 4 is 17.9 Å². The molecule has 1 atom stereocenters. The molecule has 390 valence electrons. The highest BCUT2D eigenvalue weighted by Crippen LogP contribution is 2.17. The van der Waals surface area contributed by atoms with E-state index in [2.05, 4.69) is 69.4 Å². The van der Waals surface area contributed by atoms with E-state index in [-0.39, 0.29) is 37.5 Å². The van der Waals surface area contributed by atoms with E-state index >= 15 is 0 Å². The van der Waals surface area contributed by atoms with Gasteiger partial charge in [-0.3, -0.25) is 14.4 Å². The van der Waals surface area contributed by atoms with Crippen LogP contribution in [0.25, 0.3) is 0 Å². The summed E-state index contributed by atoms with van der Waals surface area (Å²) < 4.78 is 16.8. The molecule has 0 saturated heterocycles. The fraction of sp³-hybridized carbons (Fsp3) is 0.820. The Labute approximate surface area is 416 Å². The second-order valence-corrected chi connectivity index (χ2v) is 19.6. The van der Waals surface area contributed by atoms with Gasteiger partial charge in [-0.05, 0) is 57.8 Å². The molecule has 0 radical (unpaired) electrons. The zero-order valence-electron chi connectivity index (χ0n) is 44.7. The van der Waals surface area contributed by atoms with Crippen molar-refractivity contribution in [3.05, 3.63) is 48.6 Å². The van der Waals surface area contributed by atoms with Gasteiger partial charge in [0, 0.05) is 19.3 Å². The normalized spacial score (nSPS) is 12.3. The van der Waals surface area contributed by atoms with Gasteiger partial charge in [0.1, 0.15) is 13.2 Å². The van der Waals surface area contributed by atoms with Crippen LogP contribution in [0.1, 0.15) is 303 Å². The van der Waals surface area contributed by atoms with E-state index in [0.717, 1.165) is 64.2 Å². The minimum atomic E-state index is -0.791. The average molecular weight is 940 g/mol. The predicted molar refractivity (Wildman–Crippen MR) is 289 cm³/mol. The molecule has 0 fully saturated rings. The Balaban J connectivity index is 4.42. The number of esters is 3. The van der Waals surface area contributed by atoms with Crippen molar-refractivity contribution in [2.24, 2.45) is 0 Å². The lowest BCUT2D eigenvalue weighted by molar-refractivity contribution is -0.167. The highest BCUT2D eigenvalue weighted by molar-refractivity contribution is 5.71. The number of carbonyl (C=O) groups excluding carboxylic acids is 3. The average Bonchev–Trinajstić information content (AvgIpc) is 3.33. The zero-order chi connectivity index (χ0) is 48.6. The van der Waals surface area contributed by atoms with Crippen LogP contribution in [0.3, 0.4) is 0 Å². The second-order valence-electron chi connectivity index (χ2n) is 19.6. The Morgan fingerprint density at radius 3 is 0.896 bits per heavy atom. The number of carbonyl (C=O) groups is 3. The van der Waals surface area contributed by atoms with Gasteiger partial charge in [-0.1, -0.05) is 275 Å². The lowest BCUT2D eigenvalue weighted by Gasteiger charge is -2.18. The van der Waals surface area contributed by atoms with Crippen LogP contribution in [0, 0.1) is 0 Å². The maximum Gasteiger partial charge on any atom is 0.306 e. The Kier molecular flexibility index (Phi) is 53.8. The summed E-state index contributed by atoms with van der Waals surface area (Å²) in [5.41, 5.74) is 0. The summed E-state index contributed by atoms with van der Waals surface area (Å²) in [5.74, 6) is -0.926. The third-order valence-electron chi connectivity index (χ3n) is 12.8. The summed E-state index contributed by atoms with van der Waals surface area (Å²) in [6, 6.07) is 0. The van der Waals surface area contributed by atoms with E-state index in [4.69, 9.17) is 14.2 Å². The zero-order valence-corrected chi connectivity index (χ0v) is 44.7. The molecular weight excluding hydrogens is 829 g/mol. The third-order valence-corrected chi connectivity index (χ3v) is 12.8. The minimum absolute atomic E-state index is 0.0855. The summed E-state index contributed by atoms with van der Waals surface area (Å²) in [5, 5.41) is 0. The lowest BCUT2D eigenvalue weighted by atomic mass is 10.0. The highest BCUT2D eigenvalue weighted by atomic mass is 16.6. The van der Waals surface area contributed by atoms with Crippen molar-refractivity contribution in [2.75, 3.05) is 13.2 Å². The molecule has 67 heavy (non-hydrogen) atoms. The molecule has 0 aliphatic rings. The van der Waals surface area contributed by atoms with Gasteiger partial charge in [0.2, 0.25) is 0 Å². The molecule has 0 aromatic heterocycles. The van der Waals surface area contributed by atoms with Gasteiger partial charge in [-0.15, -0.1) is 0 Å². The smallest absolute Gasteiger partial charge is 0.306 e. The lowest BCUT2D eigenvalue weighted by Crippen LogP contribution is -2.30. The molecule has 0 aromatic rings. The van der Waals surface area contributed by atoms with E-state index in [1.807, 2.05) is 0 Å². The van der Waals surface area contributed by atoms with Gasteiger partial charge >= 0.3 is 17.9 Å². The van der Waals surface area contributed by atoms with Gasteiger partial charge in [-0.2, -0.15) is 0 Å². The molecular formula is C61H110O6. The Bertz CT molecular complexity index is 1170. The largest absolute Gasteiger partial charge is 0.462 e. The topological polar surface area (TPSA) is 78.9 Å². The molecule has 0 N–H and O–H groups in total. The Morgan fingerprint density at radius 1 is 0.299 bits per heavy atom. The van der Waals surface area contributed by atoms with Gasteiger partial charge in [0.25, 0.3) is 0 Å². The molecule has 0 saturated carbocycles. The van der Waals surface area contributed by atoms with Crippen LogP contribution in [-0.4, -0.2) is 37.2 Å². The molecule has 0 aliphatic carbocycles. The van der Waals surface area contributed by atoms with Gasteiger partial charge in [-0.25, -0.2) is 0 Å². The molecule has 0 rings (SSSR count). The van der Waals surface area contributed by atoms with Crippen LogP contribution >= 0.6 is 0 Å². The first-order valence-corrected chi connectivity index (χ1v) is 29.1. The number of allylic oxidation sites excluding steroid dienone is 8. The summed E-state index contributed by atoms with van der Waals surface area (Å²) >= 11 is 0. The van der Waals surface area contributed by atoms with Crippen LogP contribution in [0.5, 0.6) is 0 Å². The summed E-state index contributed by atoms with van der Waals surface area (Å²) in [7, 11) is 0. The van der Waals surface area contributed by atoms with E-state index < -0.39 is 6.10 Å². The maximum atomic E-state index is 12.9. The number of ether oxygens (including phenoxy) is 3. The fourth-order valence-corrected chi connectivity index (χ4v) is 8.44.